The van der Waals surface area contributed by atoms with Gasteiger partial charge in [-0.1, -0.05) is 0 Å². The fraction of sp³-hybridized carbons (Fsp3) is 0.571. The number of likely N-dealkylation sites (tertiary alicyclic amines) is 1. The largest absolute Gasteiger partial charge is 0.374 e. The average molecular weight is 251 g/mol. The summed E-state index contributed by atoms with van der Waals surface area (Å²) in [4.78, 5) is 4.47. The summed E-state index contributed by atoms with van der Waals surface area (Å²) >= 11 is 0. The van der Waals surface area contributed by atoms with Crippen LogP contribution in [-0.4, -0.2) is 38.6 Å². The first kappa shape index (κ1) is 13.3. The summed E-state index contributed by atoms with van der Waals surface area (Å²) in [6.45, 7) is 3.64. The Morgan fingerprint density at radius 1 is 1.44 bits per heavy atom. The number of benzene rings is 1. The van der Waals surface area contributed by atoms with Gasteiger partial charge in [-0.05, 0) is 49.7 Å². The highest BCUT2D eigenvalue weighted by Crippen LogP contribution is 2.21. The molecule has 0 amide bonds. The summed E-state index contributed by atoms with van der Waals surface area (Å²) in [5.41, 5.74) is 7.35. The van der Waals surface area contributed by atoms with E-state index in [1.165, 1.54) is 12.5 Å². The molecule has 1 aromatic carbocycles. The Kier molecular flexibility index (Phi) is 4.19. The van der Waals surface area contributed by atoms with Gasteiger partial charge in [-0.15, -0.1) is 0 Å². The number of halogens is 1. The second kappa shape index (κ2) is 5.67. The van der Waals surface area contributed by atoms with E-state index in [9.17, 15) is 4.39 Å². The lowest BCUT2D eigenvalue weighted by atomic mass is 10.1. The van der Waals surface area contributed by atoms with Crippen LogP contribution in [0.1, 0.15) is 12.0 Å². The second-order valence-corrected chi connectivity index (χ2v) is 5.32. The fourth-order valence-corrected chi connectivity index (χ4v) is 2.64. The molecule has 1 unspecified atom stereocenters. The highest BCUT2D eigenvalue weighted by atomic mass is 19.1. The summed E-state index contributed by atoms with van der Waals surface area (Å²) in [6.07, 6.45) is 1.22. The van der Waals surface area contributed by atoms with Gasteiger partial charge in [0.1, 0.15) is 5.82 Å². The van der Waals surface area contributed by atoms with Crippen molar-refractivity contribution in [2.45, 2.75) is 13.0 Å². The van der Waals surface area contributed by atoms with Gasteiger partial charge < -0.3 is 15.5 Å². The zero-order valence-corrected chi connectivity index (χ0v) is 11.2. The molecule has 3 nitrogen and oxygen atoms in total. The number of hydrogen-bond donors (Lipinski definition) is 1. The molecule has 1 aliphatic rings. The van der Waals surface area contributed by atoms with E-state index in [1.54, 1.807) is 6.07 Å². The number of nitrogens with zero attached hydrogens (tertiary/aromatic N) is 2. The molecule has 1 aliphatic heterocycles. The molecule has 0 bridgehead atoms. The van der Waals surface area contributed by atoms with Gasteiger partial charge in [-0.3, -0.25) is 0 Å². The maximum Gasteiger partial charge on any atom is 0.125 e. The Labute approximate surface area is 108 Å². The van der Waals surface area contributed by atoms with Crippen molar-refractivity contribution in [3.8, 4) is 0 Å². The van der Waals surface area contributed by atoms with Crippen molar-refractivity contribution in [3.05, 3.63) is 29.6 Å². The van der Waals surface area contributed by atoms with Crippen LogP contribution >= 0.6 is 0 Å². The topological polar surface area (TPSA) is 32.5 Å². The number of anilines is 1. The van der Waals surface area contributed by atoms with Gasteiger partial charge in [0.15, 0.2) is 0 Å². The third-order valence-electron chi connectivity index (χ3n) is 3.64. The van der Waals surface area contributed by atoms with Crippen molar-refractivity contribution in [3.63, 3.8) is 0 Å². The van der Waals surface area contributed by atoms with E-state index in [2.05, 4.69) is 16.8 Å². The Hall–Kier alpha value is -1.13. The molecule has 100 valence electrons. The zero-order valence-electron chi connectivity index (χ0n) is 11.2. The summed E-state index contributed by atoms with van der Waals surface area (Å²) in [7, 11) is 4.17. The number of hydrogen-bond acceptors (Lipinski definition) is 3. The molecule has 0 saturated carbocycles. The molecular formula is C14H22FN3. The van der Waals surface area contributed by atoms with Crippen LogP contribution < -0.4 is 10.6 Å². The summed E-state index contributed by atoms with van der Waals surface area (Å²) < 4.78 is 13.5. The first-order chi connectivity index (χ1) is 8.58. The smallest absolute Gasteiger partial charge is 0.125 e. The molecule has 1 fully saturated rings. The highest BCUT2D eigenvalue weighted by Gasteiger charge is 2.21. The minimum absolute atomic E-state index is 0.205. The van der Waals surface area contributed by atoms with Crippen LogP contribution in [0.4, 0.5) is 10.1 Å². The Bertz CT molecular complexity index is 408. The van der Waals surface area contributed by atoms with Crippen LogP contribution in [0.25, 0.3) is 0 Å². The minimum Gasteiger partial charge on any atom is -0.374 e. The van der Waals surface area contributed by atoms with Crippen LogP contribution in [0.5, 0.6) is 0 Å². The highest BCUT2D eigenvalue weighted by molar-refractivity contribution is 5.48. The normalized spacial score (nSPS) is 20.3. The quantitative estimate of drug-likeness (QED) is 0.883. The van der Waals surface area contributed by atoms with Gasteiger partial charge in [0.2, 0.25) is 0 Å². The molecule has 18 heavy (non-hydrogen) atoms. The molecular weight excluding hydrogens is 229 g/mol. The van der Waals surface area contributed by atoms with Gasteiger partial charge in [0.05, 0.1) is 0 Å². The molecule has 1 aromatic rings. The van der Waals surface area contributed by atoms with Crippen molar-refractivity contribution in [2.24, 2.45) is 11.7 Å². The molecule has 0 radical (unpaired) electrons. The standard InChI is InChI=1S/C14H22FN3/c1-17-4-3-11(9-17)10-18(2)14-6-12(8-16)5-13(15)7-14/h5-7,11H,3-4,8-10,16H2,1-2H3. The van der Waals surface area contributed by atoms with Gasteiger partial charge in [0.25, 0.3) is 0 Å². The SMILES string of the molecule is CN1CCC(CN(C)c2cc(F)cc(CN)c2)C1. The van der Waals surface area contributed by atoms with Crippen LogP contribution in [0.3, 0.4) is 0 Å². The van der Waals surface area contributed by atoms with E-state index in [-0.39, 0.29) is 5.82 Å². The summed E-state index contributed by atoms with van der Waals surface area (Å²) in [5.74, 6) is 0.466. The van der Waals surface area contributed by atoms with Gasteiger partial charge in [0, 0.05) is 32.4 Å². The van der Waals surface area contributed by atoms with E-state index >= 15 is 0 Å². The lowest BCUT2D eigenvalue weighted by Crippen LogP contribution is -2.27. The first-order valence-electron chi connectivity index (χ1n) is 6.47. The van der Waals surface area contributed by atoms with Crippen LogP contribution in [0, 0.1) is 11.7 Å². The van der Waals surface area contributed by atoms with Gasteiger partial charge >= 0.3 is 0 Å². The van der Waals surface area contributed by atoms with Crippen molar-refractivity contribution < 1.29 is 4.39 Å². The molecule has 0 aliphatic carbocycles. The van der Waals surface area contributed by atoms with E-state index in [1.807, 2.05) is 13.1 Å². The van der Waals surface area contributed by atoms with Crippen molar-refractivity contribution in [1.82, 2.24) is 4.90 Å². The molecule has 1 saturated heterocycles. The van der Waals surface area contributed by atoms with E-state index < -0.39 is 0 Å². The lowest BCUT2D eigenvalue weighted by Gasteiger charge is -2.23. The van der Waals surface area contributed by atoms with Crippen molar-refractivity contribution in [2.75, 3.05) is 38.6 Å². The Balaban J connectivity index is 2.03. The second-order valence-electron chi connectivity index (χ2n) is 5.32. The van der Waals surface area contributed by atoms with Crippen molar-refractivity contribution in [1.29, 1.82) is 0 Å². The molecule has 0 spiro atoms. The fourth-order valence-electron chi connectivity index (χ4n) is 2.64. The maximum atomic E-state index is 13.5. The lowest BCUT2D eigenvalue weighted by molar-refractivity contribution is 0.396. The predicted molar refractivity (Wildman–Crippen MR) is 73.2 cm³/mol. The Morgan fingerprint density at radius 2 is 2.22 bits per heavy atom. The summed E-state index contributed by atoms with van der Waals surface area (Å²) in [5, 5.41) is 0. The number of nitrogens with two attached hydrogens (primary N) is 1. The van der Waals surface area contributed by atoms with Crippen LogP contribution in [-0.2, 0) is 6.54 Å². The van der Waals surface area contributed by atoms with Crippen LogP contribution in [0.15, 0.2) is 18.2 Å². The third kappa shape index (κ3) is 3.21. The molecule has 2 N–H and O–H groups in total. The first-order valence-corrected chi connectivity index (χ1v) is 6.47. The molecule has 1 heterocycles. The monoisotopic (exact) mass is 251 g/mol. The number of rotatable bonds is 4. The predicted octanol–water partition coefficient (Wildman–Crippen LogP) is 1.67. The summed E-state index contributed by atoms with van der Waals surface area (Å²) in [6, 6.07) is 5.06. The van der Waals surface area contributed by atoms with E-state index in [0.717, 1.165) is 30.9 Å². The zero-order chi connectivity index (χ0) is 13.1. The maximum absolute atomic E-state index is 13.5. The molecule has 1 atom stereocenters. The minimum atomic E-state index is -0.205. The van der Waals surface area contributed by atoms with E-state index in [4.69, 9.17) is 5.73 Å². The van der Waals surface area contributed by atoms with Crippen molar-refractivity contribution >= 4 is 5.69 Å². The third-order valence-corrected chi connectivity index (χ3v) is 3.64. The van der Waals surface area contributed by atoms with Gasteiger partial charge in [-0.2, -0.15) is 0 Å². The molecule has 2 rings (SSSR count). The average Bonchev–Trinajstić information content (AvgIpc) is 2.73. The van der Waals surface area contributed by atoms with Crippen LogP contribution in [0.2, 0.25) is 0 Å². The molecule has 0 aromatic heterocycles. The molecule has 4 heteroatoms. The van der Waals surface area contributed by atoms with Gasteiger partial charge in [-0.25, -0.2) is 4.39 Å². The van der Waals surface area contributed by atoms with E-state index in [0.29, 0.717) is 12.5 Å². The Morgan fingerprint density at radius 3 is 2.83 bits per heavy atom.